The Morgan fingerprint density at radius 1 is 1.16 bits per heavy atom. The van der Waals surface area contributed by atoms with Crippen molar-refractivity contribution in [2.75, 3.05) is 27.2 Å². The van der Waals surface area contributed by atoms with Gasteiger partial charge in [-0.2, -0.15) is 10.2 Å². The molecule has 0 unspecified atom stereocenters. The number of amidine groups is 1. The van der Waals surface area contributed by atoms with Gasteiger partial charge in [-0.3, -0.25) is 0 Å². The average Bonchev–Trinajstić information content (AvgIpc) is 3.37. The SMILES string of the molecule is COc1cc(C2(F)CCN(C)CC2)ccc1C1=C/C(=N/c2cnc3oc(O)c(C#N)cc(O)oc3n2)N=N1. The van der Waals surface area contributed by atoms with Gasteiger partial charge < -0.3 is 28.7 Å². The number of nitriles is 1. The summed E-state index contributed by atoms with van der Waals surface area (Å²) in [5.74, 6) is -0.782. The maximum absolute atomic E-state index is 15.6. The molecule has 194 valence electrons. The molecule has 4 heterocycles. The van der Waals surface area contributed by atoms with E-state index in [1.54, 1.807) is 30.3 Å². The van der Waals surface area contributed by atoms with Crippen molar-refractivity contribution < 1.29 is 28.2 Å². The highest BCUT2D eigenvalue weighted by Gasteiger charge is 2.36. The van der Waals surface area contributed by atoms with Crippen molar-refractivity contribution in [1.82, 2.24) is 14.9 Å². The number of ether oxygens (including phenoxy) is 1. The van der Waals surface area contributed by atoms with E-state index in [2.05, 4.69) is 30.1 Å². The molecule has 1 saturated heterocycles. The Morgan fingerprint density at radius 3 is 2.68 bits per heavy atom. The van der Waals surface area contributed by atoms with Gasteiger partial charge in [0.15, 0.2) is 11.7 Å². The number of aromatic hydroxyl groups is 2. The summed E-state index contributed by atoms with van der Waals surface area (Å²) in [6.07, 6.45) is 3.63. The lowest BCUT2D eigenvalue weighted by molar-refractivity contribution is 0.0672. The summed E-state index contributed by atoms with van der Waals surface area (Å²) in [5, 5.41) is 37.0. The van der Waals surface area contributed by atoms with Crippen LogP contribution >= 0.6 is 0 Å². The lowest BCUT2D eigenvalue weighted by Crippen LogP contribution is -2.38. The molecule has 0 spiro atoms. The van der Waals surface area contributed by atoms with Crippen molar-refractivity contribution in [2.24, 2.45) is 15.2 Å². The molecule has 13 heteroatoms. The lowest BCUT2D eigenvalue weighted by atomic mass is 9.85. The first kappa shape index (κ1) is 24.8. The largest absolute Gasteiger partial charge is 0.496 e. The van der Waals surface area contributed by atoms with Gasteiger partial charge in [-0.15, -0.1) is 10.2 Å². The Balaban J connectivity index is 1.45. The summed E-state index contributed by atoms with van der Waals surface area (Å²) < 4.78 is 31.4. The molecule has 0 bridgehead atoms. The number of nitrogens with zero attached hydrogens (tertiary/aromatic N) is 7. The number of piperidine rings is 1. The van der Waals surface area contributed by atoms with Crippen LogP contribution in [0.5, 0.6) is 17.6 Å². The summed E-state index contributed by atoms with van der Waals surface area (Å²) in [7, 11) is 3.49. The summed E-state index contributed by atoms with van der Waals surface area (Å²) in [5.41, 5.74) is -0.723. The van der Waals surface area contributed by atoms with Gasteiger partial charge >= 0.3 is 5.95 Å². The van der Waals surface area contributed by atoms with Gasteiger partial charge in [-0.1, -0.05) is 6.07 Å². The van der Waals surface area contributed by atoms with Gasteiger partial charge in [0, 0.05) is 30.8 Å². The van der Waals surface area contributed by atoms with Crippen molar-refractivity contribution in [3.8, 4) is 23.7 Å². The fourth-order valence-corrected chi connectivity index (χ4v) is 4.11. The third-order valence-corrected chi connectivity index (χ3v) is 6.24. The second-order valence-electron chi connectivity index (χ2n) is 8.74. The van der Waals surface area contributed by atoms with Crippen LogP contribution in [0.4, 0.5) is 10.2 Å². The summed E-state index contributed by atoms with van der Waals surface area (Å²) in [6, 6.07) is 7.72. The van der Waals surface area contributed by atoms with Crippen LogP contribution in [0.3, 0.4) is 0 Å². The Hall–Kier alpha value is -4.83. The molecule has 3 aromatic rings. The van der Waals surface area contributed by atoms with E-state index in [1.807, 2.05) is 7.05 Å². The van der Waals surface area contributed by atoms with Crippen molar-refractivity contribution in [1.29, 1.82) is 5.26 Å². The van der Waals surface area contributed by atoms with Crippen LogP contribution in [0.15, 0.2) is 60.6 Å². The van der Waals surface area contributed by atoms with Crippen LogP contribution in [-0.2, 0) is 5.67 Å². The number of benzene rings is 1. The molecule has 0 aliphatic carbocycles. The standard InChI is InChI=1S/C25H22FN7O5/c1-33-7-5-25(26,6-8-33)15-3-4-16(18(10-15)36-2)17-11-19(32-31-17)29-20-13-28-22-23(30-20)37-21(34)9-14(12-27)24(35)38-22/h3-4,9-11,13,34-35H,5-8H2,1-2H3/b21-9?,24-14?,29-19-. The van der Waals surface area contributed by atoms with Gasteiger partial charge in [0.25, 0.3) is 17.4 Å². The minimum Gasteiger partial charge on any atom is -0.496 e. The Morgan fingerprint density at radius 2 is 1.95 bits per heavy atom. The molecular weight excluding hydrogens is 497 g/mol. The van der Waals surface area contributed by atoms with Crippen LogP contribution in [0.2, 0.25) is 0 Å². The molecule has 5 rings (SSSR count). The highest BCUT2D eigenvalue weighted by molar-refractivity contribution is 6.03. The quantitative estimate of drug-likeness (QED) is 0.498. The van der Waals surface area contributed by atoms with E-state index in [0.717, 1.165) is 6.07 Å². The molecule has 12 nitrogen and oxygen atoms in total. The topological polar surface area (TPSA) is 166 Å². The zero-order valence-electron chi connectivity index (χ0n) is 20.4. The molecule has 1 fully saturated rings. The average molecular weight is 519 g/mol. The summed E-state index contributed by atoms with van der Waals surface area (Å²) in [6.45, 7) is 1.36. The van der Waals surface area contributed by atoms with Gasteiger partial charge in [-0.05, 0) is 37.6 Å². The number of hydrogen-bond donors (Lipinski definition) is 2. The lowest BCUT2D eigenvalue weighted by Gasteiger charge is -2.35. The monoisotopic (exact) mass is 519 g/mol. The van der Waals surface area contributed by atoms with E-state index < -0.39 is 17.6 Å². The first-order valence-corrected chi connectivity index (χ1v) is 11.5. The van der Waals surface area contributed by atoms with Gasteiger partial charge in [0.1, 0.15) is 28.7 Å². The molecule has 0 atom stereocenters. The Labute approximate surface area is 215 Å². The number of rotatable bonds is 4. The fourth-order valence-electron chi connectivity index (χ4n) is 4.11. The van der Waals surface area contributed by atoms with Crippen molar-refractivity contribution in [2.45, 2.75) is 18.5 Å². The molecular formula is C25H22FN7O5. The van der Waals surface area contributed by atoms with Crippen molar-refractivity contribution >= 4 is 28.8 Å². The van der Waals surface area contributed by atoms with Crippen molar-refractivity contribution in [3.63, 3.8) is 0 Å². The second kappa shape index (κ2) is 9.91. The maximum atomic E-state index is 15.6. The summed E-state index contributed by atoms with van der Waals surface area (Å²) >= 11 is 0. The number of aromatic nitrogens is 2. The second-order valence-corrected chi connectivity index (χ2v) is 8.74. The number of halogens is 1. The predicted octanol–water partition coefficient (Wildman–Crippen LogP) is 4.66. The van der Waals surface area contributed by atoms with Crippen LogP contribution in [0, 0.1) is 11.3 Å². The number of alkyl halides is 1. The van der Waals surface area contributed by atoms with Gasteiger partial charge in [-0.25, -0.2) is 14.4 Å². The normalized spacial score (nSPS) is 17.8. The van der Waals surface area contributed by atoms with Crippen LogP contribution in [-0.4, -0.2) is 58.2 Å². The molecule has 38 heavy (non-hydrogen) atoms. The third-order valence-electron chi connectivity index (χ3n) is 6.24. The Bertz CT molecular complexity index is 1590. The Kier molecular flexibility index (Phi) is 6.48. The number of azo groups is 1. The fraction of sp³-hybridized carbons (Fsp3) is 0.280. The highest BCUT2D eigenvalue weighted by Crippen LogP contribution is 2.40. The summed E-state index contributed by atoms with van der Waals surface area (Å²) in [4.78, 5) is 14.5. The number of methoxy groups -OCH3 is 1. The number of hydrogen-bond acceptors (Lipinski definition) is 11. The number of aliphatic imine (C=N–C) groups is 1. The van der Waals surface area contributed by atoms with Gasteiger partial charge in [0.05, 0.1) is 13.3 Å². The molecule has 0 radical (unpaired) electrons. The maximum Gasteiger partial charge on any atom is 0.302 e. The smallest absolute Gasteiger partial charge is 0.302 e. The number of fused-ring (bicyclic) bond motifs is 1. The minimum atomic E-state index is -1.42. The van der Waals surface area contributed by atoms with E-state index in [4.69, 9.17) is 18.8 Å². The molecule has 2 N–H and O–H groups in total. The van der Waals surface area contributed by atoms with E-state index in [-0.39, 0.29) is 28.6 Å². The van der Waals surface area contributed by atoms with E-state index >= 15 is 4.39 Å². The first-order chi connectivity index (χ1) is 18.3. The zero-order chi connectivity index (χ0) is 26.9. The van der Waals surface area contributed by atoms with E-state index in [9.17, 15) is 10.2 Å². The van der Waals surface area contributed by atoms with Crippen LogP contribution in [0.25, 0.3) is 17.1 Å². The minimum absolute atomic E-state index is 0.0418. The van der Waals surface area contributed by atoms with E-state index in [1.165, 1.54) is 13.3 Å². The molecule has 2 aliphatic heterocycles. The van der Waals surface area contributed by atoms with Crippen molar-refractivity contribution in [3.05, 3.63) is 53.2 Å². The zero-order valence-corrected chi connectivity index (χ0v) is 20.4. The number of likely N-dealkylation sites (tertiary alicyclic amines) is 1. The molecule has 1 aromatic carbocycles. The van der Waals surface area contributed by atoms with Crippen LogP contribution in [0.1, 0.15) is 29.5 Å². The van der Waals surface area contributed by atoms with Crippen LogP contribution < -0.4 is 4.74 Å². The first-order valence-electron chi connectivity index (χ1n) is 11.5. The molecule has 0 amide bonds. The molecule has 2 aliphatic rings. The van der Waals surface area contributed by atoms with Gasteiger partial charge in [0.2, 0.25) is 0 Å². The highest BCUT2D eigenvalue weighted by atomic mass is 19.1. The molecule has 0 saturated carbocycles. The molecule has 2 aromatic heterocycles. The van der Waals surface area contributed by atoms with E-state index in [0.29, 0.717) is 48.5 Å². The third kappa shape index (κ3) is 4.89. The predicted molar refractivity (Wildman–Crippen MR) is 132 cm³/mol.